The van der Waals surface area contributed by atoms with E-state index in [4.69, 9.17) is 5.73 Å². The summed E-state index contributed by atoms with van der Waals surface area (Å²) in [7, 11) is 0. The number of anilines is 2. The zero-order valence-corrected chi connectivity index (χ0v) is 12.6. The number of nitrogens with zero attached hydrogens (tertiary/aromatic N) is 1. The molecule has 1 saturated heterocycles. The maximum Gasteiger partial charge on any atom is 0.238 e. The lowest BCUT2D eigenvalue weighted by Gasteiger charge is -2.18. The van der Waals surface area contributed by atoms with E-state index in [1.54, 1.807) is 0 Å². The summed E-state index contributed by atoms with van der Waals surface area (Å²) in [6, 6.07) is 5.66. The van der Waals surface area contributed by atoms with Gasteiger partial charge < -0.3 is 11.1 Å². The summed E-state index contributed by atoms with van der Waals surface area (Å²) >= 11 is 0. The number of benzene rings is 1. The highest BCUT2D eigenvalue weighted by Gasteiger charge is 2.26. The molecule has 4 nitrogen and oxygen atoms in total. The molecular weight excluding hydrogens is 250 g/mol. The number of carbonyl (C=O) groups is 1. The molecule has 1 amide bonds. The highest BCUT2D eigenvalue weighted by molar-refractivity contribution is 5.96. The van der Waals surface area contributed by atoms with E-state index in [0.29, 0.717) is 24.1 Å². The molecular formula is C16H25N3O. The van der Waals surface area contributed by atoms with Crippen LogP contribution in [-0.2, 0) is 4.79 Å². The number of nitrogens with one attached hydrogen (secondary N) is 1. The van der Waals surface area contributed by atoms with Gasteiger partial charge in [0.1, 0.15) is 0 Å². The van der Waals surface area contributed by atoms with Crippen molar-refractivity contribution in [1.29, 1.82) is 0 Å². The van der Waals surface area contributed by atoms with E-state index in [1.807, 2.05) is 25.1 Å². The Kier molecular flexibility index (Phi) is 4.65. The fraction of sp³-hybridized carbons (Fsp3) is 0.562. The molecule has 0 aliphatic carbocycles. The van der Waals surface area contributed by atoms with Crippen molar-refractivity contribution in [2.24, 2.45) is 11.8 Å². The van der Waals surface area contributed by atoms with Crippen molar-refractivity contribution in [3.05, 3.63) is 23.8 Å². The van der Waals surface area contributed by atoms with Crippen LogP contribution in [0.15, 0.2) is 18.2 Å². The summed E-state index contributed by atoms with van der Waals surface area (Å²) in [4.78, 5) is 14.4. The number of likely N-dealkylation sites (tertiary alicyclic amines) is 1. The average Bonchev–Trinajstić information content (AvgIpc) is 2.82. The Hall–Kier alpha value is -1.55. The second kappa shape index (κ2) is 6.27. The van der Waals surface area contributed by atoms with Gasteiger partial charge in [0.15, 0.2) is 0 Å². The summed E-state index contributed by atoms with van der Waals surface area (Å²) in [5.74, 6) is 1.43. The molecule has 2 rings (SSSR count). The zero-order chi connectivity index (χ0) is 14.7. The Bertz CT molecular complexity index is 464. The molecule has 1 unspecified atom stereocenters. The smallest absolute Gasteiger partial charge is 0.238 e. The van der Waals surface area contributed by atoms with Crippen LogP contribution in [0.3, 0.4) is 0 Å². The van der Waals surface area contributed by atoms with Crippen molar-refractivity contribution in [2.75, 3.05) is 30.7 Å². The van der Waals surface area contributed by atoms with Crippen molar-refractivity contribution in [3.63, 3.8) is 0 Å². The summed E-state index contributed by atoms with van der Waals surface area (Å²) < 4.78 is 0. The molecule has 1 atom stereocenters. The van der Waals surface area contributed by atoms with Crippen LogP contribution in [0.5, 0.6) is 0 Å². The zero-order valence-electron chi connectivity index (χ0n) is 12.6. The van der Waals surface area contributed by atoms with Gasteiger partial charge in [-0.05, 0) is 43.4 Å². The fourth-order valence-electron chi connectivity index (χ4n) is 2.79. The minimum atomic E-state index is 0.0235. The van der Waals surface area contributed by atoms with Crippen LogP contribution in [0, 0.1) is 18.8 Å². The molecule has 1 aromatic carbocycles. The number of carbonyl (C=O) groups excluding carboxylic acids is 1. The normalized spacial score (nSPS) is 19.5. The molecule has 20 heavy (non-hydrogen) atoms. The van der Waals surface area contributed by atoms with E-state index in [0.717, 1.165) is 24.3 Å². The van der Waals surface area contributed by atoms with Gasteiger partial charge in [-0.2, -0.15) is 0 Å². The topological polar surface area (TPSA) is 58.4 Å². The van der Waals surface area contributed by atoms with E-state index in [-0.39, 0.29) is 5.91 Å². The van der Waals surface area contributed by atoms with E-state index < -0.39 is 0 Å². The Labute approximate surface area is 121 Å². The van der Waals surface area contributed by atoms with E-state index in [9.17, 15) is 4.79 Å². The summed E-state index contributed by atoms with van der Waals surface area (Å²) in [5, 5.41) is 2.94. The second-order valence-corrected chi connectivity index (χ2v) is 6.12. The minimum Gasteiger partial charge on any atom is -0.397 e. The first-order valence-electron chi connectivity index (χ1n) is 7.34. The van der Waals surface area contributed by atoms with Gasteiger partial charge in [0, 0.05) is 6.54 Å². The predicted octanol–water partition coefficient (Wildman–Crippen LogP) is 2.49. The van der Waals surface area contributed by atoms with Crippen LogP contribution in [0.4, 0.5) is 11.4 Å². The molecule has 0 bridgehead atoms. The van der Waals surface area contributed by atoms with Gasteiger partial charge >= 0.3 is 0 Å². The van der Waals surface area contributed by atoms with Crippen LogP contribution >= 0.6 is 0 Å². The first-order chi connectivity index (χ1) is 9.47. The Morgan fingerprint density at radius 1 is 1.50 bits per heavy atom. The van der Waals surface area contributed by atoms with Crippen LogP contribution in [0.2, 0.25) is 0 Å². The number of rotatable bonds is 4. The van der Waals surface area contributed by atoms with Gasteiger partial charge in [-0.15, -0.1) is 0 Å². The van der Waals surface area contributed by atoms with E-state index in [1.165, 1.54) is 6.42 Å². The maximum absolute atomic E-state index is 12.1. The number of hydrogen-bond donors (Lipinski definition) is 2. The molecule has 1 aliphatic rings. The maximum atomic E-state index is 12.1. The Morgan fingerprint density at radius 2 is 2.25 bits per heavy atom. The number of para-hydroxylation sites is 1. The highest BCUT2D eigenvalue weighted by atomic mass is 16.2. The first kappa shape index (κ1) is 14.9. The van der Waals surface area contributed by atoms with Crippen LogP contribution in [-0.4, -0.2) is 30.4 Å². The van der Waals surface area contributed by atoms with Crippen LogP contribution < -0.4 is 11.1 Å². The van der Waals surface area contributed by atoms with Crippen molar-refractivity contribution < 1.29 is 4.79 Å². The number of nitrogens with two attached hydrogens (primary N) is 1. The lowest BCUT2D eigenvalue weighted by molar-refractivity contribution is -0.117. The molecule has 0 spiro atoms. The van der Waals surface area contributed by atoms with Gasteiger partial charge in [-0.25, -0.2) is 0 Å². The standard InChI is InChI=1S/C16H25N3O/c1-11(2)13-7-8-19(9-13)10-15(20)18-16-12(3)5-4-6-14(16)17/h4-6,11,13H,7-10,17H2,1-3H3,(H,18,20). The van der Waals surface area contributed by atoms with Crippen LogP contribution in [0.1, 0.15) is 25.8 Å². The van der Waals surface area contributed by atoms with Gasteiger partial charge in [-0.1, -0.05) is 26.0 Å². The molecule has 1 aliphatic heterocycles. The molecule has 4 heteroatoms. The summed E-state index contributed by atoms with van der Waals surface area (Å²) in [6.07, 6.45) is 1.19. The number of nitrogen functional groups attached to an aromatic ring is 1. The lowest BCUT2D eigenvalue weighted by Crippen LogP contribution is -2.32. The van der Waals surface area contributed by atoms with Gasteiger partial charge in [0.25, 0.3) is 0 Å². The Morgan fingerprint density at radius 3 is 2.85 bits per heavy atom. The van der Waals surface area contributed by atoms with E-state index >= 15 is 0 Å². The number of aryl methyl sites for hydroxylation is 1. The van der Waals surface area contributed by atoms with Crippen molar-refractivity contribution in [3.8, 4) is 0 Å². The fourth-order valence-corrected chi connectivity index (χ4v) is 2.79. The second-order valence-electron chi connectivity index (χ2n) is 6.12. The third kappa shape index (κ3) is 3.51. The first-order valence-corrected chi connectivity index (χ1v) is 7.34. The SMILES string of the molecule is Cc1cccc(N)c1NC(=O)CN1CCC(C(C)C)C1. The summed E-state index contributed by atoms with van der Waals surface area (Å²) in [6.45, 7) is 8.95. The van der Waals surface area contributed by atoms with Crippen molar-refractivity contribution >= 4 is 17.3 Å². The van der Waals surface area contributed by atoms with Gasteiger partial charge in [0.2, 0.25) is 5.91 Å². The molecule has 0 radical (unpaired) electrons. The average molecular weight is 275 g/mol. The molecule has 3 N–H and O–H groups in total. The van der Waals surface area contributed by atoms with Crippen molar-refractivity contribution in [2.45, 2.75) is 27.2 Å². The Balaban J connectivity index is 1.91. The summed E-state index contributed by atoms with van der Waals surface area (Å²) in [5.41, 5.74) is 8.28. The van der Waals surface area contributed by atoms with Gasteiger partial charge in [-0.3, -0.25) is 9.69 Å². The third-order valence-corrected chi connectivity index (χ3v) is 4.19. The number of amides is 1. The molecule has 110 valence electrons. The monoisotopic (exact) mass is 275 g/mol. The molecule has 0 aromatic heterocycles. The highest BCUT2D eigenvalue weighted by Crippen LogP contribution is 2.24. The van der Waals surface area contributed by atoms with Crippen molar-refractivity contribution in [1.82, 2.24) is 4.90 Å². The minimum absolute atomic E-state index is 0.0235. The predicted molar refractivity (Wildman–Crippen MR) is 83.6 cm³/mol. The third-order valence-electron chi connectivity index (χ3n) is 4.19. The molecule has 1 fully saturated rings. The molecule has 0 saturated carbocycles. The molecule has 1 heterocycles. The lowest BCUT2D eigenvalue weighted by atomic mass is 9.95. The molecule has 1 aromatic rings. The largest absolute Gasteiger partial charge is 0.397 e. The van der Waals surface area contributed by atoms with E-state index in [2.05, 4.69) is 24.1 Å². The quantitative estimate of drug-likeness (QED) is 0.830. The van der Waals surface area contributed by atoms with Crippen LogP contribution in [0.25, 0.3) is 0 Å². The van der Waals surface area contributed by atoms with Gasteiger partial charge in [0.05, 0.1) is 17.9 Å². The number of hydrogen-bond acceptors (Lipinski definition) is 3.